The van der Waals surface area contributed by atoms with Gasteiger partial charge >= 0.3 is 6.18 Å². The third-order valence-electron chi connectivity index (χ3n) is 1.68. The summed E-state index contributed by atoms with van der Waals surface area (Å²) in [5, 5.41) is 2.48. The molecule has 0 aromatic carbocycles. The Balaban J connectivity index is 3.63. The van der Waals surface area contributed by atoms with Gasteiger partial charge in [-0.05, 0) is 6.42 Å². The molecule has 0 heterocycles. The van der Waals surface area contributed by atoms with Gasteiger partial charge in [-0.15, -0.1) is 6.42 Å². The molecule has 1 atom stereocenters. The van der Waals surface area contributed by atoms with Gasteiger partial charge in [-0.1, -0.05) is 12.8 Å². The number of rotatable bonds is 6. The van der Waals surface area contributed by atoms with Crippen LogP contribution in [-0.4, -0.2) is 31.3 Å². The van der Waals surface area contributed by atoms with E-state index in [1.54, 1.807) is 6.92 Å². The second-order valence-corrected chi connectivity index (χ2v) is 3.11. The van der Waals surface area contributed by atoms with Crippen LogP contribution >= 0.6 is 0 Å². The highest BCUT2D eigenvalue weighted by molar-refractivity contribution is 5.76. The number of terminal acetylenes is 1. The smallest absolute Gasteiger partial charge is 0.372 e. The molecule has 0 aromatic rings. The average Bonchev–Trinajstić information content (AvgIpc) is 2.19. The van der Waals surface area contributed by atoms with Gasteiger partial charge in [0, 0.05) is 6.42 Å². The number of ether oxygens (including phenoxy) is 1. The van der Waals surface area contributed by atoms with E-state index in [1.807, 2.05) is 0 Å². The van der Waals surface area contributed by atoms with E-state index in [1.165, 1.54) is 0 Å². The van der Waals surface area contributed by atoms with Crippen molar-refractivity contribution in [2.45, 2.75) is 32.0 Å². The van der Waals surface area contributed by atoms with E-state index in [4.69, 9.17) is 6.42 Å². The van der Waals surface area contributed by atoms with E-state index in [2.05, 4.69) is 16.0 Å². The van der Waals surface area contributed by atoms with Crippen molar-refractivity contribution in [1.82, 2.24) is 5.32 Å². The lowest BCUT2D eigenvalue weighted by Gasteiger charge is -2.11. The monoisotopic (exact) mass is 237 g/mol. The summed E-state index contributed by atoms with van der Waals surface area (Å²) in [6.45, 7) is 0.184. The molecule has 1 amide bonds. The Kier molecular flexibility index (Phi) is 6.58. The quantitative estimate of drug-likeness (QED) is 0.561. The first-order chi connectivity index (χ1) is 7.39. The number of hydrogen-bond donors (Lipinski definition) is 1. The lowest BCUT2D eigenvalue weighted by Crippen LogP contribution is -2.34. The number of hydrogen-bond acceptors (Lipinski definition) is 2. The van der Waals surface area contributed by atoms with Gasteiger partial charge in [0.2, 0.25) is 5.91 Å². The summed E-state index contributed by atoms with van der Waals surface area (Å²) in [4.78, 5) is 11.1. The summed E-state index contributed by atoms with van der Waals surface area (Å²) >= 11 is 0. The maximum atomic E-state index is 11.6. The average molecular weight is 237 g/mol. The lowest BCUT2D eigenvalue weighted by atomic mass is 10.2. The van der Waals surface area contributed by atoms with Crippen LogP contribution in [0.3, 0.4) is 0 Å². The van der Waals surface area contributed by atoms with Crippen LogP contribution in [0.2, 0.25) is 0 Å². The zero-order chi connectivity index (χ0) is 12.6. The molecule has 0 aliphatic rings. The Morgan fingerprint density at radius 2 is 2.19 bits per heavy atom. The number of nitrogens with one attached hydrogen (secondary N) is 1. The molecule has 16 heavy (non-hydrogen) atoms. The highest BCUT2D eigenvalue weighted by Gasteiger charge is 2.27. The molecule has 92 valence electrons. The molecule has 0 saturated heterocycles. The van der Waals surface area contributed by atoms with Crippen molar-refractivity contribution in [3.63, 3.8) is 0 Å². The maximum absolute atomic E-state index is 11.6. The third kappa shape index (κ3) is 8.12. The second kappa shape index (κ2) is 7.12. The molecule has 1 N–H and O–H groups in total. The van der Waals surface area contributed by atoms with Gasteiger partial charge in [-0.2, -0.15) is 13.2 Å². The number of halogens is 3. The predicted molar refractivity (Wildman–Crippen MR) is 52.5 cm³/mol. The molecular formula is C10H14F3NO2. The Bertz CT molecular complexity index is 258. The molecule has 0 bridgehead atoms. The van der Waals surface area contributed by atoms with Crippen LogP contribution in [0.25, 0.3) is 0 Å². The van der Waals surface area contributed by atoms with E-state index >= 15 is 0 Å². The van der Waals surface area contributed by atoms with Crippen LogP contribution in [0.4, 0.5) is 13.2 Å². The standard InChI is InChI=1S/C10H14F3NO2/c1-3-8(4-2)14-9(15)5-6-16-7-10(11,12)13/h1,8H,4-7H2,2H3,(H,14,15). The summed E-state index contributed by atoms with van der Waals surface area (Å²) in [6, 6.07) is -0.380. The highest BCUT2D eigenvalue weighted by Crippen LogP contribution is 2.14. The fourth-order valence-corrected chi connectivity index (χ4v) is 0.881. The minimum Gasteiger partial charge on any atom is -0.372 e. The minimum atomic E-state index is -4.36. The first kappa shape index (κ1) is 14.8. The van der Waals surface area contributed by atoms with Gasteiger partial charge in [0.15, 0.2) is 0 Å². The van der Waals surface area contributed by atoms with Crippen LogP contribution in [0, 0.1) is 12.3 Å². The molecule has 0 saturated carbocycles. The molecule has 0 rings (SSSR count). The van der Waals surface area contributed by atoms with E-state index in [0.29, 0.717) is 6.42 Å². The van der Waals surface area contributed by atoms with Crippen molar-refractivity contribution in [2.24, 2.45) is 0 Å². The lowest BCUT2D eigenvalue weighted by molar-refractivity contribution is -0.174. The predicted octanol–water partition coefficient (Wildman–Crippen LogP) is 1.48. The highest BCUT2D eigenvalue weighted by atomic mass is 19.4. The van der Waals surface area contributed by atoms with Crippen LogP contribution in [0.1, 0.15) is 19.8 Å². The van der Waals surface area contributed by atoms with Crippen molar-refractivity contribution < 1.29 is 22.7 Å². The maximum Gasteiger partial charge on any atom is 0.411 e. The van der Waals surface area contributed by atoms with Gasteiger partial charge in [0.1, 0.15) is 6.61 Å². The van der Waals surface area contributed by atoms with Crippen LogP contribution in [-0.2, 0) is 9.53 Å². The number of carbonyl (C=O) groups is 1. The van der Waals surface area contributed by atoms with Gasteiger partial charge in [-0.3, -0.25) is 4.79 Å². The largest absolute Gasteiger partial charge is 0.411 e. The fraction of sp³-hybridized carbons (Fsp3) is 0.700. The van der Waals surface area contributed by atoms with Gasteiger partial charge in [0.05, 0.1) is 12.6 Å². The van der Waals surface area contributed by atoms with Crippen LogP contribution in [0.15, 0.2) is 0 Å². The van der Waals surface area contributed by atoms with Gasteiger partial charge in [0.25, 0.3) is 0 Å². The zero-order valence-electron chi connectivity index (χ0n) is 8.93. The van der Waals surface area contributed by atoms with Crippen LogP contribution < -0.4 is 5.32 Å². The molecule has 0 aliphatic heterocycles. The number of amides is 1. The molecule has 1 unspecified atom stereocenters. The molecule has 0 radical (unpaired) electrons. The van der Waals surface area contributed by atoms with E-state index in [9.17, 15) is 18.0 Å². The molecular weight excluding hydrogens is 223 g/mol. The van der Waals surface area contributed by atoms with E-state index in [-0.39, 0.29) is 19.1 Å². The molecule has 0 aliphatic carbocycles. The Labute approximate surface area is 92.3 Å². The summed E-state index contributed by atoms with van der Waals surface area (Å²) in [6.07, 6.45) is 1.18. The first-order valence-corrected chi connectivity index (χ1v) is 4.79. The molecule has 6 heteroatoms. The SMILES string of the molecule is C#CC(CC)NC(=O)CCOCC(F)(F)F. The minimum absolute atomic E-state index is 0.131. The Morgan fingerprint density at radius 3 is 2.62 bits per heavy atom. The summed E-state index contributed by atoms with van der Waals surface area (Å²) < 4.78 is 39.2. The number of carbonyl (C=O) groups excluding carboxylic acids is 1. The summed E-state index contributed by atoms with van der Waals surface area (Å²) in [5.74, 6) is 1.93. The van der Waals surface area contributed by atoms with E-state index in [0.717, 1.165) is 0 Å². The zero-order valence-corrected chi connectivity index (χ0v) is 8.93. The van der Waals surface area contributed by atoms with Crippen molar-refractivity contribution in [3.05, 3.63) is 0 Å². The molecule has 0 aromatic heterocycles. The molecule has 3 nitrogen and oxygen atoms in total. The van der Waals surface area contributed by atoms with E-state index < -0.39 is 18.7 Å². The third-order valence-corrected chi connectivity index (χ3v) is 1.68. The van der Waals surface area contributed by atoms with Crippen LogP contribution in [0.5, 0.6) is 0 Å². The van der Waals surface area contributed by atoms with Crippen molar-refractivity contribution >= 4 is 5.91 Å². The second-order valence-electron chi connectivity index (χ2n) is 3.11. The van der Waals surface area contributed by atoms with Gasteiger partial charge in [-0.25, -0.2) is 0 Å². The Morgan fingerprint density at radius 1 is 1.56 bits per heavy atom. The van der Waals surface area contributed by atoms with Crippen molar-refractivity contribution in [1.29, 1.82) is 0 Å². The Hall–Kier alpha value is -1.22. The topological polar surface area (TPSA) is 38.3 Å². The molecule has 0 spiro atoms. The van der Waals surface area contributed by atoms with Gasteiger partial charge < -0.3 is 10.1 Å². The summed E-state index contributed by atoms with van der Waals surface area (Å²) in [7, 11) is 0. The first-order valence-electron chi connectivity index (χ1n) is 4.79. The fourth-order valence-electron chi connectivity index (χ4n) is 0.881. The summed E-state index contributed by atoms with van der Waals surface area (Å²) in [5.41, 5.74) is 0. The number of alkyl halides is 3. The normalized spacial score (nSPS) is 12.9. The molecule has 0 fully saturated rings. The van der Waals surface area contributed by atoms with Crippen molar-refractivity contribution in [2.75, 3.05) is 13.2 Å². The van der Waals surface area contributed by atoms with Crippen molar-refractivity contribution in [3.8, 4) is 12.3 Å².